The van der Waals surface area contributed by atoms with Gasteiger partial charge in [0.2, 0.25) is 0 Å². The largest absolute Gasteiger partial charge is 0.396 e. The van der Waals surface area contributed by atoms with Crippen molar-refractivity contribution in [3.63, 3.8) is 0 Å². The van der Waals surface area contributed by atoms with Crippen LogP contribution in [0.25, 0.3) is 0 Å². The average Bonchev–Trinajstić information content (AvgIpc) is 2.68. The first kappa shape index (κ1) is 18.2. The van der Waals surface area contributed by atoms with Crippen molar-refractivity contribution in [3.05, 3.63) is 35.9 Å². The van der Waals surface area contributed by atoms with E-state index in [1.54, 1.807) is 0 Å². The number of carbonyl (C=O) groups excluding carboxylic acids is 1. The van der Waals surface area contributed by atoms with Gasteiger partial charge in [0.25, 0.3) is 0 Å². The molecule has 25 heavy (non-hydrogen) atoms. The molecular weight excluding hydrogens is 316 g/mol. The molecule has 3 N–H and O–H groups in total. The number of amides is 2. The highest BCUT2D eigenvalue weighted by Gasteiger charge is 2.41. The molecule has 1 aromatic rings. The molecule has 1 aliphatic carbocycles. The number of carbonyl (C=O) groups is 1. The molecule has 2 fully saturated rings. The lowest BCUT2D eigenvalue weighted by molar-refractivity contribution is 0.0444. The van der Waals surface area contributed by atoms with Gasteiger partial charge in [-0.1, -0.05) is 49.6 Å². The maximum absolute atomic E-state index is 12.7. The van der Waals surface area contributed by atoms with Gasteiger partial charge in [-0.25, -0.2) is 4.79 Å². The van der Waals surface area contributed by atoms with Gasteiger partial charge in [-0.2, -0.15) is 0 Å². The number of aliphatic hydroxyl groups is 1. The van der Waals surface area contributed by atoms with Crippen LogP contribution in [0.4, 0.5) is 4.79 Å². The lowest BCUT2D eigenvalue weighted by atomic mass is 9.67. The van der Waals surface area contributed by atoms with E-state index in [2.05, 4.69) is 10.6 Å². The van der Waals surface area contributed by atoms with E-state index in [-0.39, 0.29) is 30.1 Å². The number of nitrogens with one attached hydrogen (secondary N) is 2. The van der Waals surface area contributed by atoms with Crippen LogP contribution in [-0.2, 0) is 4.74 Å². The third kappa shape index (κ3) is 4.53. The Hall–Kier alpha value is -1.59. The Morgan fingerprint density at radius 2 is 1.84 bits per heavy atom. The first-order valence-corrected chi connectivity index (χ1v) is 9.54. The average molecular weight is 346 g/mol. The summed E-state index contributed by atoms with van der Waals surface area (Å²) in [6, 6.07) is 9.92. The predicted molar refractivity (Wildman–Crippen MR) is 97.3 cm³/mol. The summed E-state index contributed by atoms with van der Waals surface area (Å²) in [7, 11) is 0. The van der Waals surface area contributed by atoms with Crippen molar-refractivity contribution in [1.29, 1.82) is 0 Å². The van der Waals surface area contributed by atoms with E-state index in [1.165, 1.54) is 6.42 Å². The minimum absolute atomic E-state index is 0.101. The molecule has 1 saturated carbocycles. The molecule has 5 heteroatoms. The number of hydrogen-bond donors (Lipinski definition) is 3. The molecule has 1 heterocycles. The summed E-state index contributed by atoms with van der Waals surface area (Å²) >= 11 is 0. The van der Waals surface area contributed by atoms with Gasteiger partial charge in [-0.3, -0.25) is 0 Å². The summed E-state index contributed by atoms with van der Waals surface area (Å²) in [5.74, 6) is 0. The molecule has 1 aromatic carbocycles. The Labute approximate surface area is 150 Å². The minimum Gasteiger partial charge on any atom is -0.396 e. The van der Waals surface area contributed by atoms with Crippen molar-refractivity contribution in [2.45, 2.75) is 57.0 Å². The van der Waals surface area contributed by atoms with Crippen LogP contribution in [-0.4, -0.2) is 37.0 Å². The highest BCUT2D eigenvalue weighted by Crippen LogP contribution is 2.45. The summed E-state index contributed by atoms with van der Waals surface area (Å²) in [5.41, 5.74) is 0.799. The van der Waals surface area contributed by atoms with Gasteiger partial charge in [0.15, 0.2) is 0 Å². The van der Waals surface area contributed by atoms with E-state index in [4.69, 9.17) is 4.74 Å². The highest BCUT2D eigenvalue weighted by molar-refractivity contribution is 5.75. The fraction of sp³-hybridized carbons (Fsp3) is 0.650. The first-order chi connectivity index (χ1) is 12.2. The molecule has 2 amide bonds. The zero-order valence-corrected chi connectivity index (χ0v) is 14.9. The molecule has 0 spiro atoms. The Kier molecular flexibility index (Phi) is 6.32. The molecule has 1 aliphatic heterocycles. The molecule has 1 saturated heterocycles. The summed E-state index contributed by atoms with van der Waals surface area (Å²) in [5, 5.41) is 16.5. The second-order valence-electron chi connectivity index (χ2n) is 7.43. The molecule has 3 rings (SSSR count). The van der Waals surface area contributed by atoms with Gasteiger partial charge >= 0.3 is 6.03 Å². The van der Waals surface area contributed by atoms with E-state index < -0.39 is 0 Å². The molecule has 5 nitrogen and oxygen atoms in total. The third-order valence-corrected chi connectivity index (χ3v) is 5.74. The normalized spacial score (nSPS) is 22.1. The lowest BCUT2D eigenvalue weighted by Crippen LogP contribution is -2.50. The summed E-state index contributed by atoms with van der Waals surface area (Å²) < 4.78 is 5.36. The van der Waals surface area contributed by atoms with Gasteiger partial charge in [0.05, 0.1) is 12.6 Å². The Bertz CT molecular complexity index is 537. The number of rotatable bonds is 5. The summed E-state index contributed by atoms with van der Waals surface area (Å²) in [4.78, 5) is 12.7. The van der Waals surface area contributed by atoms with Crippen molar-refractivity contribution in [1.82, 2.24) is 10.6 Å². The van der Waals surface area contributed by atoms with Crippen LogP contribution in [0, 0.1) is 5.41 Å². The van der Waals surface area contributed by atoms with Gasteiger partial charge in [0.1, 0.15) is 0 Å². The van der Waals surface area contributed by atoms with Crippen LogP contribution in [0.15, 0.2) is 30.3 Å². The van der Waals surface area contributed by atoms with Crippen LogP contribution >= 0.6 is 0 Å². The standard InChI is InChI=1S/C20H30N2O3/c23-15-20(11-5-2-6-12-20)18(16-7-3-1-4-8-16)22-19(24)21-17-9-13-25-14-10-17/h1,3-4,7-8,17-18,23H,2,5-6,9-15H2,(H2,21,22,24). The van der Waals surface area contributed by atoms with Crippen molar-refractivity contribution < 1.29 is 14.6 Å². The molecule has 1 atom stereocenters. The van der Waals surface area contributed by atoms with Gasteiger partial charge < -0.3 is 20.5 Å². The first-order valence-electron chi connectivity index (χ1n) is 9.54. The van der Waals surface area contributed by atoms with Crippen LogP contribution in [0.2, 0.25) is 0 Å². The predicted octanol–water partition coefficient (Wildman–Crippen LogP) is 3.15. The molecule has 0 aromatic heterocycles. The maximum atomic E-state index is 12.7. The minimum atomic E-state index is -0.271. The second kappa shape index (κ2) is 8.68. The molecular formula is C20H30N2O3. The molecule has 2 aliphatic rings. The van der Waals surface area contributed by atoms with Crippen LogP contribution in [0.3, 0.4) is 0 Å². The van der Waals surface area contributed by atoms with E-state index in [1.807, 2.05) is 30.3 Å². The highest BCUT2D eigenvalue weighted by atomic mass is 16.5. The van der Waals surface area contributed by atoms with Gasteiger partial charge in [-0.05, 0) is 31.2 Å². The molecule has 1 unspecified atom stereocenters. The summed E-state index contributed by atoms with van der Waals surface area (Å²) in [6.45, 7) is 1.51. The zero-order valence-electron chi connectivity index (χ0n) is 14.9. The summed E-state index contributed by atoms with van der Waals surface area (Å²) in [6.07, 6.45) is 7.02. The van der Waals surface area contributed by atoms with Crippen LogP contribution < -0.4 is 10.6 Å². The number of benzene rings is 1. The number of ether oxygens (including phenoxy) is 1. The maximum Gasteiger partial charge on any atom is 0.315 e. The van der Waals surface area contributed by atoms with Crippen molar-refractivity contribution in [2.24, 2.45) is 5.41 Å². The second-order valence-corrected chi connectivity index (χ2v) is 7.43. The number of hydrogen-bond acceptors (Lipinski definition) is 3. The Morgan fingerprint density at radius 1 is 1.16 bits per heavy atom. The number of aliphatic hydroxyl groups excluding tert-OH is 1. The van der Waals surface area contributed by atoms with Crippen molar-refractivity contribution >= 4 is 6.03 Å². The quantitative estimate of drug-likeness (QED) is 0.767. The lowest BCUT2D eigenvalue weighted by Gasteiger charge is -2.43. The molecule has 138 valence electrons. The van der Waals surface area contributed by atoms with Gasteiger partial charge in [0, 0.05) is 24.7 Å². The van der Waals surface area contributed by atoms with Gasteiger partial charge in [-0.15, -0.1) is 0 Å². The monoisotopic (exact) mass is 346 g/mol. The molecule has 0 bridgehead atoms. The number of urea groups is 1. The third-order valence-electron chi connectivity index (χ3n) is 5.74. The van der Waals surface area contributed by atoms with Crippen LogP contribution in [0.1, 0.15) is 56.6 Å². The van der Waals surface area contributed by atoms with E-state index >= 15 is 0 Å². The fourth-order valence-corrected chi connectivity index (χ4v) is 4.23. The zero-order chi connectivity index (χ0) is 17.5. The SMILES string of the molecule is O=C(NC1CCOCC1)NC(c1ccccc1)C1(CO)CCCCC1. The topological polar surface area (TPSA) is 70.6 Å². The Balaban J connectivity index is 1.75. The van der Waals surface area contributed by atoms with E-state index in [0.717, 1.165) is 44.1 Å². The van der Waals surface area contributed by atoms with E-state index in [0.29, 0.717) is 13.2 Å². The smallest absolute Gasteiger partial charge is 0.315 e. The van der Waals surface area contributed by atoms with E-state index in [9.17, 15) is 9.90 Å². The van der Waals surface area contributed by atoms with Crippen molar-refractivity contribution in [3.8, 4) is 0 Å². The van der Waals surface area contributed by atoms with Crippen molar-refractivity contribution in [2.75, 3.05) is 19.8 Å². The van der Waals surface area contributed by atoms with Crippen LogP contribution in [0.5, 0.6) is 0 Å². The fourth-order valence-electron chi connectivity index (χ4n) is 4.23. The Morgan fingerprint density at radius 3 is 2.48 bits per heavy atom. The molecule has 0 radical (unpaired) electrons.